The number of nitrogens with one attached hydrogen (secondary N) is 1. The molecule has 8 heteroatoms. The van der Waals surface area contributed by atoms with Crippen LogP contribution in [0.4, 0.5) is 5.13 Å². The van der Waals surface area contributed by atoms with E-state index < -0.39 is 10.0 Å². The number of anilines is 1. The van der Waals surface area contributed by atoms with Crippen molar-refractivity contribution in [3.05, 3.63) is 22.0 Å². The molecule has 0 aliphatic heterocycles. The maximum absolute atomic E-state index is 12.5. The quantitative estimate of drug-likeness (QED) is 0.940. The number of nitrogens with zero attached hydrogens (tertiary/aromatic N) is 3. The molecule has 0 bridgehead atoms. The zero-order chi connectivity index (χ0) is 15.1. The van der Waals surface area contributed by atoms with E-state index >= 15 is 0 Å². The van der Waals surface area contributed by atoms with Crippen LogP contribution in [-0.4, -0.2) is 23.2 Å². The first-order valence-corrected chi connectivity index (χ1v) is 8.57. The first kappa shape index (κ1) is 15.0. The second-order valence-corrected chi connectivity index (χ2v) is 7.40. The summed E-state index contributed by atoms with van der Waals surface area (Å²) in [4.78, 5) is 5.45. The molecular formula is C12H18N4O2S2. The lowest BCUT2D eigenvalue weighted by atomic mass is 10.4. The Labute approximate surface area is 122 Å². The Balaban J connectivity index is 2.43. The van der Waals surface area contributed by atoms with E-state index in [1.807, 2.05) is 20.8 Å². The SMILES string of the molecule is CCn1nc(C)c(S(=O)(=O)Nc2nc(C)c(C)s2)c1C. The Morgan fingerprint density at radius 1 is 1.20 bits per heavy atom. The minimum Gasteiger partial charge on any atom is -0.268 e. The van der Waals surface area contributed by atoms with E-state index in [1.54, 1.807) is 18.5 Å². The molecule has 0 spiro atoms. The van der Waals surface area contributed by atoms with Gasteiger partial charge in [-0.3, -0.25) is 9.40 Å². The summed E-state index contributed by atoms with van der Waals surface area (Å²) in [6.07, 6.45) is 0. The summed E-state index contributed by atoms with van der Waals surface area (Å²) >= 11 is 1.33. The Kier molecular flexibility index (Phi) is 3.88. The van der Waals surface area contributed by atoms with E-state index in [-0.39, 0.29) is 4.90 Å². The Hall–Kier alpha value is -1.41. The lowest BCUT2D eigenvalue weighted by Gasteiger charge is -2.05. The first-order chi connectivity index (χ1) is 9.26. The molecule has 2 aromatic rings. The van der Waals surface area contributed by atoms with Crippen LogP contribution in [0, 0.1) is 27.7 Å². The number of hydrogen-bond donors (Lipinski definition) is 1. The summed E-state index contributed by atoms with van der Waals surface area (Å²) in [5.74, 6) is 0. The highest BCUT2D eigenvalue weighted by atomic mass is 32.2. The van der Waals surface area contributed by atoms with E-state index in [9.17, 15) is 8.42 Å². The molecule has 0 unspecified atom stereocenters. The summed E-state index contributed by atoms with van der Waals surface area (Å²) in [6.45, 7) is 9.79. The molecule has 0 saturated heterocycles. The lowest BCUT2D eigenvalue weighted by Crippen LogP contribution is -2.15. The predicted molar refractivity (Wildman–Crippen MR) is 79.8 cm³/mol. The van der Waals surface area contributed by atoms with Gasteiger partial charge in [0.05, 0.1) is 17.1 Å². The summed E-state index contributed by atoms with van der Waals surface area (Å²) in [7, 11) is -3.65. The Bertz CT molecular complexity index is 724. The number of aryl methyl sites for hydroxylation is 4. The summed E-state index contributed by atoms with van der Waals surface area (Å²) in [6, 6.07) is 0. The second-order valence-electron chi connectivity index (χ2n) is 4.58. The highest BCUT2D eigenvalue weighted by Crippen LogP contribution is 2.26. The van der Waals surface area contributed by atoms with Crippen LogP contribution in [0.1, 0.15) is 28.9 Å². The minimum absolute atomic E-state index is 0.241. The van der Waals surface area contributed by atoms with Crippen LogP contribution in [-0.2, 0) is 16.6 Å². The topological polar surface area (TPSA) is 76.9 Å². The molecule has 20 heavy (non-hydrogen) atoms. The van der Waals surface area contributed by atoms with Crippen LogP contribution in [0.15, 0.2) is 4.90 Å². The van der Waals surface area contributed by atoms with Crippen molar-refractivity contribution in [1.29, 1.82) is 0 Å². The zero-order valence-corrected chi connectivity index (χ0v) is 13.8. The molecule has 0 aliphatic rings. The van der Waals surface area contributed by atoms with Gasteiger partial charge in [0.2, 0.25) is 0 Å². The zero-order valence-electron chi connectivity index (χ0n) is 12.2. The molecule has 1 N–H and O–H groups in total. The fourth-order valence-corrected chi connectivity index (χ4v) is 4.52. The van der Waals surface area contributed by atoms with Crippen molar-refractivity contribution in [3.8, 4) is 0 Å². The van der Waals surface area contributed by atoms with E-state index in [4.69, 9.17) is 0 Å². The van der Waals surface area contributed by atoms with Gasteiger partial charge in [0, 0.05) is 11.4 Å². The Morgan fingerprint density at radius 2 is 1.85 bits per heavy atom. The van der Waals surface area contributed by atoms with E-state index in [0.717, 1.165) is 10.6 Å². The Morgan fingerprint density at radius 3 is 2.30 bits per heavy atom. The van der Waals surface area contributed by atoms with Crippen molar-refractivity contribution in [2.75, 3.05) is 4.72 Å². The molecule has 110 valence electrons. The maximum atomic E-state index is 12.5. The van der Waals surface area contributed by atoms with Crippen LogP contribution in [0.25, 0.3) is 0 Å². The largest absolute Gasteiger partial charge is 0.268 e. The third-order valence-corrected chi connectivity index (χ3v) is 5.84. The normalized spacial score (nSPS) is 11.8. The average molecular weight is 314 g/mol. The van der Waals surface area contributed by atoms with Gasteiger partial charge >= 0.3 is 0 Å². The van der Waals surface area contributed by atoms with Gasteiger partial charge in [-0.05, 0) is 34.6 Å². The van der Waals surface area contributed by atoms with Crippen LogP contribution in [0.2, 0.25) is 0 Å². The maximum Gasteiger partial charge on any atom is 0.267 e. The summed E-state index contributed by atoms with van der Waals surface area (Å²) in [5.41, 5.74) is 1.98. The van der Waals surface area contributed by atoms with Crippen molar-refractivity contribution in [3.63, 3.8) is 0 Å². The molecular weight excluding hydrogens is 296 g/mol. The molecule has 2 rings (SSSR count). The molecule has 0 radical (unpaired) electrons. The van der Waals surface area contributed by atoms with Gasteiger partial charge in [-0.2, -0.15) is 5.10 Å². The molecule has 0 atom stereocenters. The summed E-state index contributed by atoms with van der Waals surface area (Å²) in [5, 5.41) is 4.63. The van der Waals surface area contributed by atoms with Gasteiger partial charge in [-0.15, -0.1) is 11.3 Å². The number of thiazole rings is 1. The molecule has 0 amide bonds. The molecule has 0 fully saturated rings. The highest BCUT2D eigenvalue weighted by molar-refractivity contribution is 7.93. The molecule has 0 saturated carbocycles. The average Bonchev–Trinajstić information content (AvgIpc) is 2.79. The van der Waals surface area contributed by atoms with Gasteiger partial charge < -0.3 is 0 Å². The molecule has 2 heterocycles. The van der Waals surface area contributed by atoms with Crippen molar-refractivity contribution in [2.24, 2.45) is 0 Å². The number of rotatable bonds is 4. The lowest BCUT2D eigenvalue weighted by molar-refractivity contribution is 0.598. The van der Waals surface area contributed by atoms with Crippen LogP contribution >= 0.6 is 11.3 Å². The summed E-state index contributed by atoms with van der Waals surface area (Å²) < 4.78 is 29.2. The molecule has 6 nitrogen and oxygen atoms in total. The second kappa shape index (κ2) is 5.17. The monoisotopic (exact) mass is 314 g/mol. The third kappa shape index (κ3) is 2.57. The van der Waals surface area contributed by atoms with Crippen molar-refractivity contribution >= 4 is 26.5 Å². The fourth-order valence-electron chi connectivity index (χ4n) is 2.06. The van der Waals surface area contributed by atoms with Crippen molar-refractivity contribution < 1.29 is 8.42 Å². The molecule has 0 aliphatic carbocycles. The van der Waals surface area contributed by atoms with Crippen molar-refractivity contribution in [1.82, 2.24) is 14.8 Å². The predicted octanol–water partition coefficient (Wildman–Crippen LogP) is 2.39. The van der Waals surface area contributed by atoms with Gasteiger partial charge in [-0.1, -0.05) is 0 Å². The first-order valence-electron chi connectivity index (χ1n) is 6.27. The third-order valence-electron chi connectivity index (χ3n) is 3.13. The van der Waals surface area contributed by atoms with Crippen molar-refractivity contribution in [2.45, 2.75) is 46.1 Å². The van der Waals surface area contributed by atoms with Crippen LogP contribution in [0.5, 0.6) is 0 Å². The van der Waals surface area contributed by atoms with Gasteiger partial charge in [0.25, 0.3) is 10.0 Å². The van der Waals surface area contributed by atoms with Gasteiger partial charge in [0.15, 0.2) is 5.13 Å². The van der Waals surface area contributed by atoms with Crippen LogP contribution < -0.4 is 4.72 Å². The van der Waals surface area contributed by atoms with Crippen LogP contribution in [0.3, 0.4) is 0 Å². The van der Waals surface area contributed by atoms with E-state index in [2.05, 4.69) is 14.8 Å². The minimum atomic E-state index is -3.65. The number of aromatic nitrogens is 3. The van der Waals surface area contributed by atoms with E-state index in [0.29, 0.717) is 23.1 Å². The highest BCUT2D eigenvalue weighted by Gasteiger charge is 2.25. The van der Waals surface area contributed by atoms with E-state index in [1.165, 1.54) is 11.3 Å². The number of hydrogen-bond acceptors (Lipinski definition) is 5. The standard InChI is InChI=1S/C12H18N4O2S2/c1-6-16-9(4)11(8(3)14-16)20(17,18)15-12-13-7(2)10(5)19-12/h6H2,1-5H3,(H,13,15). The smallest absolute Gasteiger partial charge is 0.267 e. The number of sulfonamides is 1. The fraction of sp³-hybridized carbons (Fsp3) is 0.500. The molecule has 2 aromatic heterocycles. The molecule has 0 aromatic carbocycles. The van der Waals surface area contributed by atoms with Gasteiger partial charge in [-0.25, -0.2) is 13.4 Å². The van der Waals surface area contributed by atoms with Gasteiger partial charge in [0.1, 0.15) is 4.90 Å².